The average Bonchev–Trinajstić information content (AvgIpc) is 2.36. The number of halogens is 6. The van der Waals surface area contributed by atoms with Gasteiger partial charge in [-0.05, 0) is 18.2 Å². The fourth-order valence-corrected chi connectivity index (χ4v) is 3.07. The van der Waals surface area contributed by atoms with Crippen molar-refractivity contribution in [2.24, 2.45) is 5.14 Å². The Morgan fingerprint density at radius 3 is 2.17 bits per heavy atom. The molecule has 0 saturated carbocycles. The first-order valence-corrected chi connectivity index (χ1v) is 7.96. The molecule has 0 spiro atoms. The fraction of sp³-hybridized carbons (Fsp3) is 0.0833. The van der Waals surface area contributed by atoms with E-state index in [2.05, 4.69) is 4.98 Å². The van der Waals surface area contributed by atoms with Crippen LogP contribution >= 0.6 is 23.2 Å². The van der Waals surface area contributed by atoms with E-state index in [0.29, 0.717) is 18.3 Å². The molecule has 0 aliphatic carbocycles. The number of nitrogens with zero attached hydrogens (tertiary/aromatic N) is 1. The molecule has 2 N–H and O–H groups in total. The second-order valence-corrected chi connectivity index (χ2v) is 6.70. The number of hydrogen-bond acceptors (Lipinski definition) is 3. The summed E-state index contributed by atoms with van der Waals surface area (Å²) in [6.07, 6.45) is -4.23. The maximum atomic E-state index is 14.0. The molecule has 11 heteroatoms. The van der Waals surface area contributed by atoms with Crippen molar-refractivity contribution in [1.29, 1.82) is 0 Å². The van der Waals surface area contributed by atoms with E-state index >= 15 is 0 Å². The Hall–Kier alpha value is -1.42. The van der Waals surface area contributed by atoms with E-state index in [0.717, 1.165) is 6.07 Å². The molecule has 0 amide bonds. The van der Waals surface area contributed by atoms with E-state index in [4.69, 9.17) is 28.3 Å². The molecule has 124 valence electrons. The number of rotatable bonds is 2. The Kier molecular flexibility index (Phi) is 4.60. The molecule has 1 aromatic heterocycles. The van der Waals surface area contributed by atoms with Gasteiger partial charge in [-0.2, -0.15) is 13.2 Å². The second-order valence-electron chi connectivity index (χ2n) is 4.36. The predicted octanol–water partition coefficient (Wildman–Crippen LogP) is 3.86. The van der Waals surface area contributed by atoms with Gasteiger partial charge in [0.1, 0.15) is 10.7 Å². The van der Waals surface area contributed by atoms with Crippen LogP contribution in [0.5, 0.6) is 0 Å². The topological polar surface area (TPSA) is 73.1 Å². The lowest BCUT2D eigenvalue weighted by Gasteiger charge is -2.11. The van der Waals surface area contributed by atoms with Crippen molar-refractivity contribution < 1.29 is 26.0 Å². The first-order valence-electron chi connectivity index (χ1n) is 5.66. The van der Waals surface area contributed by atoms with Crippen LogP contribution in [0, 0.1) is 5.82 Å². The highest BCUT2D eigenvalue weighted by Gasteiger charge is 2.32. The molecule has 0 radical (unpaired) electrons. The van der Waals surface area contributed by atoms with Gasteiger partial charge in [0.25, 0.3) is 0 Å². The molecular formula is C12H6Cl2F4N2O2S. The number of pyridine rings is 1. The van der Waals surface area contributed by atoms with Crippen LogP contribution in [0.4, 0.5) is 17.6 Å². The molecule has 0 bridgehead atoms. The van der Waals surface area contributed by atoms with E-state index < -0.39 is 48.1 Å². The van der Waals surface area contributed by atoms with Crippen molar-refractivity contribution >= 4 is 33.2 Å². The molecule has 0 aliphatic rings. The van der Waals surface area contributed by atoms with Gasteiger partial charge in [-0.1, -0.05) is 23.2 Å². The van der Waals surface area contributed by atoms with E-state index in [1.165, 1.54) is 0 Å². The zero-order valence-corrected chi connectivity index (χ0v) is 13.2. The third kappa shape index (κ3) is 3.74. The molecule has 23 heavy (non-hydrogen) atoms. The van der Waals surface area contributed by atoms with Crippen molar-refractivity contribution in [3.8, 4) is 11.3 Å². The minimum absolute atomic E-state index is 0.376. The van der Waals surface area contributed by atoms with E-state index in [-0.39, 0.29) is 5.69 Å². The van der Waals surface area contributed by atoms with Gasteiger partial charge in [0.05, 0.1) is 21.3 Å². The summed E-state index contributed by atoms with van der Waals surface area (Å²) >= 11 is 11.3. The number of sulfonamides is 1. The minimum atomic E-state index is -4.68. The average molecular weight is 389 g/mol. The van der Waals surface area contributed by atoms with Gasteiger partial charge in [0.2, 0.25) is 10.0 Å². The van der Waals surface area contributed by atoms with Crippen LogP contribution in [0.2, 0.25) is 10.0 Å². The summed E-state index contributed by atoms with van der Waals surface area (Å²) in [5, 5.41) is 3.95. The van der Waals surface area contributed by atoms with Crippen LogP contribution in [0.25, 0.3) is 11.3 Å². The first kappa shape index (κ1) is 17.9. The summed E-state index contributed by atoms with van der Waals surface area (Å²) in [4.78, 5) is 2.85. The summed E-state index contributed by atoms with van der Waals surface area (Å²) in [6.45, 7) is 0. The molecule has 1 aromatic carbocycles. The summed E-state index contributed by atoms with van der Waals surface area (Å²) in [7, 11) is -4.27. The van der Waals surface area contributed by atoms with Crippen LogP contribution in [0.1, 0.15) is 5.56 Å². The van der Waals surface area contributed by atoms with Gasteiger partial charge < -0.3 is 0 Å². The monoisotopic (exact) mass is 388 g/mol. The summed E-state index contributed by atoms with van der Waals surface area (Å²) < 4.78 is 74.5. The molecule has 2 rings (SSSR count). The maximum absolute atomic E-state index is 14.0. The normalized spacial score (nSPS) is 12.5. The molecule has 2 aromatic rings. The Bertz CT molecular complexity index is 885. The molecule has 0 unspecified atom stereocenters. The van der Waals surface area contributed by atoms with Gasteiger partial charge in [0.15, 0.2) is 0 Å². The van der Waals surface area contributed by atoms with Crippen molar-refractivity contribution in [3.63, 3.8) is 0 Å². The van der Waals surface area contributed by atoms with Gasteiger partial charge in [-0.25, -0.2) is 17.9 Å². The number of nitrogens with two attached hydrogens (primary N) is 1. The number of aromatic nitrogens is 1. The van der Waals surface area contributed by atoms with E-state index in [9.17, 15) is 26.0 Å². The smallest absolute Gasteiger partial charge is 0.254 e. The lowest BCUT2D eigenvalue weighted by Crippen LogP contribution is -2.13. The van der Waals surface area contributed by atoms with Gasteiger partial charge in [-0.3, -0.25) is 4.98 Å². The number of benzene rings is 1. The summed E-state index contributed by atoms with van der Waals surface area (Å²) in [5.41, 5.74) is -1.96. The molecule has 0 atom stereocenters. The lowest BCUT2D eigenvalue weighted by molar-refractivity contribution is -0.137. The van der Waals surface area contributed by atoms with Crippen LogP contribution in [-0.2, 0) is 16.2 Å². The standard InChI is InChI=1S/C12H6Cl2F4N2O2S/c13-7-3-9(15)6(2-10(7)23(19,21)22)11-8(14)1-5(4-20-11)12(16,17)18/h1-4H,(H2,19,21,22). The molecule has 4 nitrogen and oxygen atoms in total. The zero-order chi connectivity index (χ0) is 17.6. The maximum Gasteiger partial charge on any atom is 0.417 e. The number of hydrogen-bond donors (Lipinski definition) is 1. The summed E-state index contributed by atoms with van der Waals surface area (Å²) in [5.74, 6) is -1.02. The highest BCUT2D eigenvalue weighted by atomic mass is 35.5. The van der Waals surface area contributed by atoms with E-state index in [1.807, 2.05) is 0 Å². The Morgan fingerprint density at radius 1 is 1.09 bits per heavy atom. The van der Waals surface area contributed by atoms with Crippen LogP contribution in [0.3, 0.4) is 0 Å². The Morgan fingerprint density at radius 2 is 1.70 bits per heavy atom. The van der Waals surface area contributed by atoms with Crippen LogP contribution in [0.15, 0.2) is 29.3 Å². The molecular weight excluding hydrogens is 383 g/mol. The van der Waals surface area contributed by atoms with Crippen molar-refractivity contribution in [3.05, 3.63) is 45.8 Å². The lowest BCUT2D eigenvalue weighted by atomic mass is 10.1. The molecule has 0 aliphatic heterocycles. The van der Waals surface area contributed by atoms with Gasteiger partial charge in [-0.15, -0.1) is 0 Å². The molecule has 0 saturated heterocycles. The SMILES string of the molecule is NS(=O)(=O)c1cc(-c2ncc(C(F)(F)F)cc2Cl)c(F)cc1Cl. The fourth-order valence-electron chi connectivity index (χ4n) is 1.72. The highest BCUT2D eigenvalue weighted by Crippen LogP contribution is 2.36. The van der Waals surface area contributed by atoms with Gasteiger partial charge in [0, 0.05) is 11.8 Å². The largest absolute Gasteiger partial charge is 0.417 e. The number of primary sulfonamides is 1. The third-order valence-electron chi connectivity index (χ3n) is 2.75. The quantitative estimate of drug-likeness (QED) is 0.793. The predicted molar refractivity (Wildman–Crippen MR) is 76.0 cm³/mol. The third-order valence-corrected chi connectivity index (χ3v) is 4.42. The molecule has 0 fully saturated rings. The Labute approximate surface area is 137 Å². The van der Waals surface area contributed by atoms with Crippen molar-refractivity contribution in [2.75, 3.05) is 0 Å². The van der Waals surface area contributed by atoms with Crippen molar-refractivity contribution in [1.82, 2.24) is 4.98 Å². The molecule has 1 heterocycles. The minimum Gasteiger partial charge on any atom is -0.254 e. The Balaban J connectivity index is 2.68. The van der Waals surface area contributed by atoms with Crippen LogP contribution in [-0.4, -0.2) is 13.4 Å². The first-order chi connectivity index (χ1) is 10.4. The van der Waals surface area contributed by atoms with Gasteiger partial charge >= 0.3 is 6.18 Å². The second kappa shape index (κ2) is 5.90. The zero-order valence-electron chi connectivity index (χ0n) is 10.8. The van der Waals surface area contributed by atoms with E-state index in [1.54, 1.807) is 0 Å². The number of alkyl halides is 3. The van der Waals surface area contributed by atoms with Crippen LogP contribution < -0.4 is 5.14 Å². The summed E-state index contributed by atoms with van der Waals surface area (Å²) in [6, 6.07) is 1.97. The highest BCUT2D eigenvalue weighted by molar-refractivity contribution is 7.89. The van der Waals surface area contributed by atoms with Crippen molar-refractivity contribution in [2.45, 2.75) is 11.1 Å².